The Labute approximate surface area is 98.4 Å². The van der Waals surface area contributed by atoms with E-state index in [0.717, 1.165) is 13.1 Å². The van der Waals surface area contributed by atoms with Crippen LogP contribution in [0.1, 0.15) is 35.2 Å². The molecule has 2 rings (SSSR count). The predicted octanol–water partition coefficient (Wildman–Crippen LogP) is 2.32. The van der Waals surface area contributed by atoms with Crippen LogP contribution in [0.15, 0.2) is 12.1 Å². The zero-order valence-corrected chi connectivity index (χ0v) is 10.7. The number of nitrogens with zero attached hydrogens (tertiary/aromatic N) is 1. The summed E-state index contributed by atoms with van der Waals surface area (Å²) in [7, 11) is 0. The van der Waals surface area contributed by atoms with Crippen LogP contribution < -0.4 is 5.73 Å². The summed E-state index contributed by atoms with van der Waals surface area (Å²) in [6.07, 6.45) is 0. The molecule has 16 heavy (non-hydrogen) atoms. The molecular formula is C14H22N2. The molecule has 1 heterocycles. The van der Waals surface area contributed by atoms with Gasteiger partial charge in [-0.25, -0.2) is 0 Å². The molecule has 1 aliphatic rings. The predicted molar refractivity (Wildman–Crippen MR) is 68.6 cm³/mol. The van der Waals surface area contributed by atoms with Gasteiger partial charge >= 0.3 is 0 Å². The average Bonchev–Trinajstić information content (AvgIpc) is 2.10. The third-order valence-electron chi connectivity index (χ3n) is 3.64. The highest BCUT2D eigenvalue weighted by Gasteiger charge is 2.29. The van der Waals surface area contributed by atoms with E-state index in [9.17, 15) is 0 Å². The first kappa shape index (κ1) is 11.6. The molecule has 2 nitrogen and oxygen atoms in total. The molecule has 0 saturated carbocycles. The van der Waals surface area contributed by atoms with Crippen LogP contribution >= 0.6 is 0 Å². The van der Waals surface area contributed by atoms with E-state index in [-0.39, 0.29) is 0 Å². The molecule has 0 bridgehead atoms. The van der Waals surface area contributed by atoms with Gasteiger partial charge in [0.1, 0.15) is 0 Å². The Morgan fingerprint density at radius 3 is 2.12 bits per heavy atom. The van der Waals surface area contributed by atoms with Crippen LogP contribution in [-0.4, -0.2) is 24.0 Å². The van der Waals surface area contributed by atoms with Gasteiger partial charge < -0.3 is 5.73 Å². The topological polar surface area (TPSA) is 29.3 Å². The molecule has 88 valence electrons. The van der Waals surface area contributed by atoms with Crippen molar-refractivity contribution in [2.75, 3.05) is 13.1 Å². The monoisotopic (exact) mass is 218 g/mol. The molecule has 1 aromatic carbocycles. The SMILES string of the molecule is Cc1cc(C)c(C(C)N2CC(N)C2)c(C)c1. The lowest BCUT2D eigenvalue weighted by atomic mass is 9.92. The lowest BCUT2D eigenvalue weighted by Gasteiger charge is -2.42. The van der Waals surface area contributed by atoms with Crippen molar-refractivity contribution in [3.05, 3.63) is 34.4 Å². The molecule has 0 radical (unpaired) electrons. The molecule has 0 amide bonds. The third kappa shape index (κ3) is 2.00. The van der Waals surface area contributed by atoms with Gasteiger partial charge in [-0.2, -0.15) is 0 Å². The van der Waals surface area contributed by atoms with Crippen LogP contribution in [0.3, 0.4) is 0 Å². The minimum atomic E-state index is 0.383. The van der Waals surface area contributed by atoms with Crippen molar-refractivity contribution in [1.82, 2.24) is 4.90 Å². The first-order chi connectivity index (χ1) is 7.49. The average molecular weight is 218 g/mol. The van der Waals surface area contributed by atoms with Gasteiger partial charge in [0.2, 0.25) is 0 Å². The summed E-state index contributed by atoms with van der Waals surface area (Å²) >= 11 is 0. The molecule has 2 N–H and O–H groups in total. The fourth-order valence-corrected chi connectivity index (χ4v) is 2.90. The van der Waals surface area contributed by atoms with Gasteiger partial charge in [-0.15, -0.1) is 0 Å². The van der Waals surface area contributed by atoms with Gasteiger partial charge in [0.15, 0.2) is 0 Å². The Hall–Kier alpha value is -0.860. The van der Waals surface area contributed by atoms with E-state index < -0.39 is 0 Å². The van der Waals surface area contributed by atoms with Crippen LogP contribution in [0.25, 0.3) is 0 Å². The van der Waals surface area contributed by atoms with Crippen LogP contribution in [0, 0.1) is 20.8 Å². The molecule has 1 saturated heterocycles. The van der Waals surface area contributed by atoms with E-state index >= 15 is 0 Å². The Morgan fingerprint density at radius 2 is 1.69 bits per heavy atom. The standard InChI is InChI=1S/C14H22N2/c1-9-5-10(2)14(11(3)6-9)12(4)16-7-13(15)8-16/h5-6,12-13H,7-8,15H2,1-4H3. The second-order valence-electron chi connectivity index (χ2n) is 5.20. The van der Waals surface area contributed by atoms with Crippen molar-refractivity contribution in [3.8, 4) is 0 Å². The van der Waals surface area contributed by atoms with E-state index in [0.29, 0.717) is 12.1 Å². The van der Waals surface area contributed by atoms with Gasteiger partial charge in [0.05, 0.1) is 0 Å². The number of likely N-dealkylation sites (tertiary alicyclic amines) is 1. The Balaban J connectivity index is 2.26. The maximum Gasteiger partial charge on any atom is 0.0326 e. The minimum absolute atomic E-state index is 0.383. The molecule has 2 heteroatoms. The van der Waals surface area contributed by atoms with Gasteiger partial charge in [-0.1, -0.05) is 17.7 Å². The fourth-order valence-electron chi connectivity index (χ4n) is 2.90. The lowest BCUT2D eigenvalue weighted by molar-refractivity contribution is 0.103. The van der Waals surface area contributed by atoms with E-state index in [1.807, 2.05) is 0 Å². The highest BCUT2D eigenvalue weighted by atomic mass is 15.2. The Bertz CT molecular complexity index is 369. The quantitative estimate of drug-likeness (QED) is 0.825. The van der Waals surface area contributed by atoms with Crippen LogP contribution in [0.4, 0.5) is 0 Å². The fraction of sp³-hybridized carbons (Fsp3) is 0.571. The maximum atomic E-state index is 5.84. The first-order valence-electron chi connectivity index (χ1n) is 6.06. The molecule has 1 aliphatic heterocycles. The van der Waals surface area contributed by atoms with E-state index in [4.69, 9.17) is 5.73 Å². The summed E-state index contributed by atoms with van der Waals surface area (Å²) in [4.78, 5) is 2.45. The molecular weight excluding hydrogens is 196 g/mol. The molecule has 0 aromatic heterocycles. The number of aryl methyl sites for hydroxylation is 3. The van der Waals surface area contributed by atoms with Gasteiger partial charge in [0, 0.05) is 25.2 Å². The number of hydrogen-bond acceptors (Lipinski definition) is 2. The van der Waals surface area contributed by atoms with Crippen LogP contribution in [-0.2, 0) is 0 Å². The number of benzene rings is 1. The zero-order chi connectivity index (χ0) is 11.9. The molecule has 1 fully saturated rings. The van der Waals surface area contributed by atoms with Crippen molar-refractivity contribution in [1.29, 1.82) is 0 Å². The van der Waals surface area contributed by atoms with Crippen LogP contribution in [0.5, 0.6) is 0 Å². The smallest absolute Gasteiger partial charge is 0.0326 e. The minimum Gasteiger partial charge on any atom is -0.325 e. The number of hydrogen-bond donors (Lipinski definition) is 1. The van der Waals surface area contributed by atoms with Crippen molar-refractivity contribution >= 4 is 0 Å². The molecule has 0 aliphatic carbocycles. The summed E-state index contributed by atoms with van der Waals surface area (Å²) in [5.41, 5.74) is 11.5. The Kier molecular flexibility index (Phi) is 3.04. The van der Waals surface area contributed by atoms with E-state index in [2.05, 4.69) is 44.7 Å². The van der Waals surface area contributed by atoms with Crippen molar-refractivity contribution < 1.29 is 0 Å². The largest absolute Gasteiger partial charge is 0.325 e. The molecule has 1 aromatic rings. The normalized spacial score (nSPS) is 19.6. The van der Waals surface area contributed by atoms with E-state index in [1.165, 1.54) is 22.3 Å². The molecule has 1 unspecified atom stereocenters. The molecule has 1 atom stereocenters. The summed E-state index contributed by atoms with van der Waals surface area (Å²) in [6.45, 7) is 10.9. The van der Waals surface area contributed by atoms with Gasteiger partial charge in [0.25, 0.3) is 0 Å². The van der Waals surface area contributed by atoms with Crippen LogP contribution in [0.2, 0.25) is 0 Å². The van der Waals surface area contributed by atoms with Crippen molar-refractivity contribution in [3.63, 3.8) is 0 Å². The maximum absolute atomic E-state index is 5.84. The number of rotatable bonds is 2. The van der Waals surface area contributed by atoms with E-state index in [1.54, 1.807) is 0 Å². The van der Waals surface area contributed by atoms with Crippen molar-refractivity contribution in [2.45, 2.75) is 39.8 Å². The van der Waals surface area contributed by atoms with Gasteiger partial charge in [-0.05, 0) is 44.4 Å². The third-order valence-corrected chi connectivity index (χ3v) is 3.64. The summed E-state index contributed by atoms with van der Waals surface area (Å²) < 4.78 is 0. The zero-order valence-electron chi connectivity index (χ0n) is 10.7. The lowest BCUT2D eigenvalue weighted by Crippen LogP contribution is -2.56. The van der Waals surface area contributed by atoms with Crippen molar-refractivity contribution in [2.24, 2.45) is 5.73 Å². The summed E-state index contributed by atoms with van der Waals surface area (Å²) in [5, 5.41) is 0. The first-order valence-corrected chi connectivity index (χ1v) is 6.06. The second kappa shape index (κ2) is 4.19. The second-order valence-corrected chi connectivity index (χ2v) is 5.20. The molecule has 0 spiro atoms. The highest BCUT2D eigenvalue weighted by Crippen LogP contribution is 2.30. The summed E-state index contributed by atoms with van der Waals surface area (Å²) in [6, 6.07) is 5.44. The van der Waals surface area contributed by atoms with Gasteiger partial charge in [-0.3, -0.25) is 4.90 Å². The highest BCUT2D eigenvalue weighted by molar-refractivity contribution is 5.39. The Morgan fingerprint density at radius 1 is 1.19 bits per heavy atom. The summed E-state index contributed by atoms with van der Waals surface area (Å²) in [5.74, 6) is 0. The number of nitrogens with two attached hydrogens (primary N) is 1.